The van der Waals surface area contributed by atoms with Gasteiger partial charge in [0.15, 0.2) is 11.5 Å². The van der Waals surface area contributed by atoms with E-state index in [0.29, 0.717) is 18.4 Å². The number of hydrogen-bond donors (Lipinski definition) is 1. The zero-order valence-electron chi connectivity index (χ0n) is 18.9. The molecule has 174 valence electrons. The van der Waals surface area contributed by atoms with Crippen LogP contribution in [0.15, 0.2) is 47.6 Å². The molecule has 0 radical (unpaired) electrons. The Labute approximate surface area is 196 Å². The first-order valence-electron chi connectivity index (χ1n) is 10.8. The number of nitrogens with one attached hydrogen (secondary N) is 1. The fourth-order valence-electron chi connectivity index (χ4n) is 3.51. The first-order valence-corrected chi connectivity index (χ1v) is 11.8. The Morgan fingerprint density at radius 3 is 2.64 bits per heavy atom. The lowest BCUT2D eigenvalue weighted by atomic mass is 9.95. The molecule has 1 aliphatic heterocycles. The van der Waals surface area contributed by atoms with Gasteiger partial charge in [0.05, 0.1) is 37.8 Å². The Morgan fingerprint density at radius 1 is 1.15 bits per heavy atom. The molecule has 0 spiro atoms. The molecule has 2 aromatic carbocycles. The summed E-state index contributed by atoms with van der Waals surface area (Å²) in [5, 5.41) is 15.5. The van der Waals surface area contributed by atoms with Gasteiger partial charge in [-0.15, -0.1) is 5.10 Å². The number of amides is 1. The van der Waals surface area contributed by atoms with Gasteiger partial charge in [0, 0.05) is 6.42 Å². The number of rotatable bonds is 8. The Hall–Kier alpha value is -3.27. The van der Waals surface area contributed by atoms with Gasteiger partial charge in [-0.2, -0.15) is 4.68 Å². The van der Waals surface area contributed by atoms with Crippen LogP contribution in [0.25, 0.3) is 5.69 Å². The molecule has 0 saturated carbocycles. The number of benzene rings is 2. The quantitative estimate of drug-likeness (QED) is 0.501. The number of methoxy groups -OCH3 is 1. The van der Waals surface area contributed by atoms with Crippen LogP contribution in [0.4, 0.5) is 0 Å². The van der Waals surface area contributed by atoms with Crippen molar-refractivity contribution in [1.29, 1.82) is 0 Å². The molecule has 0 bridgehead atoms. The van der Waals surface area contributed by atoms with Crippen LogP contribution < -0.4 is 19.5 Å². The molecular weight excluding hydrogens is 442 g/mol. The number of ether oxygens (including phenoxy) is 3. The largest absolute Gasteiger partial charge is 0.497 e. The van der Waals surface area contributed by atoms with Crippen molar-refractivity contribution in [2.45, 2.75) is 31.5 Å². The molecule has 1 aliphatic rings. The van der Waals surface area contributed by atoms with Crippen molar-refractivity contribution in [2.24, 2.45) is 5.92 Å². The number of aromatic nitrogens is 4. The monoisotopic (exact) mass is 469 g/mol. The minimum atomic E-state index is -0.159. The number of fused-ring (bicyclic) bond motifs is 1. The molecule has 33 heavy (non-hydrogen) atoms. The van der Waals surface area contributed by atoms with Crippen LogP contribution in [0.5, 0.6) is 17.2 Å². The third-order valence-electron chi connectivity index (χ3n) is 5.20. The van der Waals surface area contributed by atoms with Crippen molar-refractivity contribution >= 4 is 17.7 Å². The van der Waals surface area contributed by atoms with Gasteiger partial charge in [-0.1, -0.05) is 31.7 Å². The first-order chi connectivity index (χ1) is 16.0. The summed E-state index contributed by atoms with van der Waals surface area (Å²) in [6.45, 7) is 5.41. The minimum Gasteiger partial charge on any atom is -0.497 e. The molecule has 2 heterocycles. The smallest absolute Gasteiger partial charge is 0.230 e. The summed E-state index contributed by atoms with van der Waals surface area (Å²) in [4.78, 5) is 12.8. The van der Waals surface area contributed by atoms with E-state index in [1.165, 1.54) is 11.8 Å². The molecule has 0 saturated heterocycles. The maximum Gasteiger partial charge on any atom is 0.230 e. The van der Waals surface area contributed by atoms with Crippen molar-refractivity contribution in [2.75, 3.05) is 26.1 Å². The van der Waals surface area contributed by atoms with Gasteiger partial charge in [-0.3, -0.25) is 4.79 Å². The van der Waals surface area contributed by atoms with Crippen LogP contribution in [0.1, 0.15) is 31.9 Å². The van der Waals surface area contributed by atoms with Crippen molar-refractivity contribution < 1.29 is 19.0 Å². The van der Waals surface area contributed by atoms with Crippen LogP contribution in [-0.2, 0) is 4.79 Å². The summed E-state index contributed by atoms with van der Waals surface area (Å²) in [6, 6.07) is 13.1. The van der Waals surface area contributed by atoms with Crippen LogP contribution in [0.3, 0.4) is 0 Å². The van der Waals surface area contributed by atoms with E-state index in [1.807, 2.05) is 42.5 Å². The topological polar surface area (TPSA) is 100 Å². The number of carbonyl (C=O) groups is 1. The van der Waals surface area contributed by atoms with Gasteiger partial charge >= 0.3 is 0 Å². The first kappa shape index (κ1) is 22.9. The third-order valence-corrected chi connectivity index (χ3v) is 6.12. The molecule has 1 aromatic heterocycles. The second kappa shape index (κ2) is 10.6. The van der Waals surface area contributed by atoms with E-state index in [-0.39, 0.29) is 23.6 Å². The maximum atomic E-state index is 12.8. The van der Waals surface area contributed by atoms with Crippen molar-refractivity contribution in [3.63, 3.8) is 0 Å². The summed E-state index contributed by atoms with van der Waals surface area (Å²) in [5.74, 6) is 2.48. The van der Waals surface area contributed by atoms with E-state index < -0.39 is 0 Å². The zero-order valence-corrected chi connectivity index (χ0v) is 19.7. The lowest BCUT2D eigenvalue weighted by Gasteiger charge is -2.23. The van der Waals surface area contributed by atoms with Gasteiger partial charge in [-0.25, -0.2) is 0 Å². The van der Waals surface area contributed by atoms with Gasteiger partial charge in [-0.05, 0) is 58.3 Å². The molecule has 10 heteroatoms. The van der Waals surface area contributed by atoms with Crippen molar-refractivity contribution in [1.82, 2.24) is 25.5 Å². The number of tetrazole rings is 1. The highest BCUT2D eigenvalue weighted by molar-refractivity contribution is 7.99. The molecule has 1 amide bonds. The molecule has 1 unspecified atom stereocenters. The maximum absolute atomic E-state index is 12.8. The summed E-state index contributed by atoms with van der Waals surface area (Å²) in [7, 11) is 1.61. The molecule has 0 fully saturated rings. The van der Waals surface area contributed by atoms with Gasteiger partial charge in [0.2, 0.25) is 11.1 Å². The van der Waals surface area contributed by atoms with Crippen LogP contribution in [0.2, 0.25) is 0 Å². The predicted octanol–water partition coefficient (Wildman–Crippen LogP) is 3.44. The van der Waals surface area contributed by atoms with Crippen LogP contribution in [0, 0.1) is 5.92 Å². The van der Waals surface area contributed by atoms with E-state index in [2.05, 4.69) is 34.7 Å². The third kappa shape index (κ3) is 5.57. The van der Waals surface area contributed by atoms with E-state index in [0.717, 1.165) is 34.9 Å². The van der Waals surface area contributed by atoms with E-state index in [1.54, 1.807) is 11.8 Å². The Morgan fingerprint density at radius 2 is 1.91 bits per heavy atom. The van der Waals surface area contributed by atoms with E-state index >= 15 is 0 Å². The fraction of sp³-hybridized carbons (Fsp3) is 0.391. The number of nitrogens with zero attached hydrogens (tertiary/aromatic N) is 4. The molecule has 0 aliphatic carbocycles. The Bertz CT molecular complexity index is 1090. The molecule has 9 nitrogen and oxygen atoms in total. The lowest BCUT2D eigenvalue weighted by molar-refractivity contribution is -0.119. The second-order valence-corrected chi connectivity index (χ2v) is 8.85. The highest BCUT2D eigenvalue weighted by Crippen LogP contribution is 2.34. The number of hydrogen-bond acceptors (Lipinski definition) is 8. The van der Waals surface area contributed by atoms with Gasteiger partial charge < -0.3 is 19.5 Å². The normalized spacial score (nSPS) is 13.9. The van der Waals surface area contributed by atoms with Crippen molar-refractivity contribution in [3.05, 3.63) is 48.0 Å². The second-order valence-electron chi connectivity index (χ2n) is 7.91. The summed E-state index contributed by atoms with van der Waals surface area (Å²) in [6.07, 6.45) is 0.849. The molecule has 1 N–H and O–H groups in total. The standard InChI is InChI=1S/C23H27N5O4S/c1-15(2)22(16-5-10-19-20(13-16)32-12-4-11-31-19)24-21(29)14-33-23-25-26-27-28(23)17-6-8-18(30-3)9-7-17/h5-10,13,15,22H,4,11-12,14H2,1-3H3,(H,24,29). The van der Waals surface area contributed by atoms with E-state index in [4.69, 9.17) is 14.2 Å². The summed E-state index contributed by atoms with van der Waals surface area (Å²) < 4.78 is 18.3. The fourth-order valence-corrected chi connectivity index (χ4v) is 4.21. The summed E-state index contributed by atoms with van der Waals surface area (Å²) >= 11 is 1.28. The average Bonchev–Trinajstić information content (AvgIpc) is 3.17. The number of carbonyl (C=O) groups excluding carboxylic acids is 1. The van der Waals surface area contributed by atoms with Crippen molar-refractivity contribution in [3.8, 4) is 22.9 Å². The highest BCUT2D eigenvalue weighted by Gasteiger charge is 2.22. The SMILES string of the molecule is COc1ccc(-n2nnnc2SCC(=O)NC(c2ccc3c(c2)OCCCO3)C(C)C)cc1. The van der Waals surface area contributed by atoms with Gasteiger partial charge in [0.1, 0.15) is 5.75 Å². The Balaban J connectivity index is 1.42. The summed E-state index contributed by atoms with van der Waals surface area (Å²) in [5.41, 5.74) is 1.77. The highest BCUT2D eigenvalue weighted by atomic mass is 32.2. The zero-order chi connectivity index (χ0) is 23.2. The molecule has 1 atom stereocenters. The molecule has 4 rings (SSSR count). The molecular formula is C23H27N5O4S. The average molecular weight is 470 g/mol. The molecule has 3 aromatic rings. The Kier molecular flexibility index (Phi) is 7.33. The van der Waals surface area contributed by atoms with Crippen LogP contribution in [-0.4, -0.2) is 52.2 Å². The minimum absolute atomic E-state index is 0.102. The van der Waals surface area contributed by atoms with E-state index in [9.17, 15) is 4.79 Å². The predicted molar refractivity (Wildman–Crippen MR) is 124 cm³/mol. The van der Waals surface area contributed by atoms with Gasteiger partial charge in [0.25, 0.3) is 0 Å². The lowest BCUT2D eigenvalue weighted by Crippen LogP contribution is -2.33. The van der Waals surface area contributed by atoms with Crippen LogP contribution >= 0.6 is 11.8 Å². The number of thioether (sulfide) groups is 1.